The monoisotopic (exact) mass is 292 g/mol. The predicted molar refractivity (Wildman–Crippen MR) is 76.6 cm³/mol. The van der Waals surface area contributed by atoms with Crippen molar-refractivity contribution in [2.24, 2.45) is 0 Å². The van der Waals surface area contributed by atoms with Crippen molar-refractivity contribution in [3.8, 4) is 11.6 Å². The van der Waals surface area contributed by atoms with Crippen molar-refractivity contribution in [1.82, 2.24) is 4.98 Å². The molecule has 1 heterocycles. The van der Waals surface area contributed by atoms with E-state index >= 15 is 0 Å². The van der Waals surface area contributed by atoms with E-state index < -0.39 is 4.92 Å². The molecular weight excluding hydrogens is 280 g/mol. The highest BCUT2D eigenvalue weighted by Gasteiger charge is 2.19. The molecule has 0 bridgehead atoms. The number of halogens is 1. The second-order valence-corrected chi connectivity index (χ2v) is 4.91. The number of benzene rings is 1. The highest BCUT2D eigenvalue weighted by atomic mass is 35.5. The highest BCUT2D eigenvalue weighted by Crippen LogP contribution is 2.33. The van der Waals surface area contributed by atoms with Gasteiger partial charge in [-0.05, 0) is 49.6 Å². The van der Waals surface area contributed by atoms with Gasteiger partial charge < -0.3 is 4.74 Å². The molecule has 0 spiro atoms. The lowest BCUT2D eigenvalue weighted by atomic mass is 10.1. The molecule has 0 unspecified atom stereocenters. The van der Waals surface area contributed by atoms with Gasteiger partial charge in [-0.3, -0.25) is 10.1 Å². The van der Waals surface area contributed by atoms with Crippen LogP contribution in [0.5, 0.6) is 11.6 Å². The Morgan fingerprint density at radius 1 is 1.25 bits per heavy atom. The van der Waals surface area contributed by atoms with E-state index in [0.717, 1.165) is 16.7 Å². The summed E-state index contributed by atoms with van der Waals surface area (Å²) in [6, 6.07) is 6.47. The summed E-state index contributed by atoms with van der Waals surface area (Å²) in [4.78, 5) is 14.3. The minimum absolute atomic E-state index is 0.101. The van der Waals surface area contributed by atoms with E-state index in [4.69, 9.17) is 16.3 Å². The number of rotatable bonds is 3. The summed E-state index contributed by atoms with van der Waals surface area (Å²) in [5, 5.41) is 11.1. The van der Waals surface area contributed by atoms with Gasteiger partial charge in [0.05, 0.1) is 4.92 Å². The lowest BCUT2D eigenvalue weighted by molar-refractivity contribution is -0.386. The molecule has 104 valence electrons. The highest BCUT2D eigenvalue weighted by molar-refractivity contribution is 6.29. The normalized spacial score (nSPS) is 10.4. The van der Waals surface area contributed by atoms with Gasteiger partial charge in [-0.25, -0.2) is 0 Å². The molecule has 1 aromatic heterocycles. The third-order valence-electron chi connectivity index (χ3n) is 2.97. The molecule has 0 aliphatic rings. The van der Waals surface area contributed by atoms with Crippen LogP contribution in [0.1, 0.15) is 16.7 Å². The van der Waals surface area contributed by atoms with Crippen LogP contribution in [-0.2, 0) is 0 Å². The average molecular weight is 293 g/mol. The third-order valence-corrected chi connectivity index (χ3v) is 3.18. The first-order chi connectivity index (χ1) is 9.38. The van der Waals surface area contributed by atoms with Crippen LogP contribution in [0.25, 0.3) is 0 Å². The van der Waals surface area contributed by atoms with Gasteiger partial charge in [0.15, 0.2) is 0 Å². The van der Waals surface area contributed by atoms with Crippen molar-refractivity contribution in [2.45, 2.75) is 20.8 Å². The molecule has 0 radical (unpaired) electrons. The zero-order valence-corrected chi connectivity index (χ0v) is 12.1. The van der Waals surface area contributed by atoms with Crippen LogP contribution < -0.4 is 4.74 Å². The molecule has 0 saturated heterocycles. The number of aryl methyl sites for hydroxylation is 2. The summed E-state index contributed by atoms with van der Waals surface area (Å²) in [6.45, 7) is 5.77. The Hall–Kier alpha value is -2.14. The molecule has 2 aromatic rings. The van der Waals surface area contributed by atoms with Crippen molar-refractivity contribution in [3.63, 3.8) is 0 Å². The Labute approximate surface area is 121 Å². The zero-order valence-electron chi connectivity index (χ0n) is 11.3. The van der Waals surface area contributed by atoms with Crippen molar-refractivity contribution in [3.05, 3.63) is 56.2 Å². The van der Waals surface area contributed by atoms with Crippen molar-refractivity contribution in [2.75, 3.05) is 0 Å². The number of pyridine rings is 1. The molecule has 6 heteroatoms. The van der Waals surface area contributed by atoms with Gasteiger partial charge in [0.2, 0.25) is 0 Å². The van der Waals surface area contributed by atoms with Gasteiger partial charge >= 0.3 is 11.6 Å². The second kappa shape index (κ2) is 5.46. The molecule has 0 saturated carbocycles. The molecular formula is C14H13ClN2O3. The van der Waals surface area contributed by atoms with Gasteiger partial charge in [-0.1, -0.05) is 17.7 Å². The van der Waals surface area contributed by atoms with E-state index in [-0.39, 0.29) is 16.7 Å². The largest absolute Gasteiger partial charge is 0.433 e. The third kappa shape index (κ3) is 2.88. The van der Waals surface area contributed by atoms with E-state index in [0.29, 0.717) is 5.75 Å². The number of nitro groups is 1. The van der Waals surface area contributed by atoms with Gasteiger partial charge in [0.25, 0.3) is 0 Å². The molecule has 0 amide bonds. The summed E-state index contributed by atoms with van der Waals surface area (Å²) in [5.41, 5.74) is 2.75. The molecule has 1 aromatic carbocycles. The molecule has 0 N–H and O–H groups in total. The number of aromatic nitrogens is 1. The van der Waals surface area contributed by atoms with Crippen LogP contribution in [0.15, 0.2) is 24.3 Å². The predicted octanol–water partition coefficient (Wildman–Crippen LogP) is 4.36. The quantitative estimate of drug-likeness (QED) is 0.479. The average Bonchev–Trinajstić information content (AvgIpc) is 2.35. The standard InChI is InChI=1S/C14H13ClN2O3/c1-8-6-9(2)10(3)12(7-8)20-14-11(17(18)19)4-5-13(15)16-14/h4-7H,1-3H3. The van der Waals surface area contributed by atoms with E-state index in [1.54, 1.807) is 0 Å². The molecule has 0 aliphatic carbocycles. The van der Waals surface area contributed by atoms with Crippen LogP contribution in [0.2, 0.25) is 5.15 Å². The second-order valence-electron chi connectivity index (χ2n) is 4.52. The Bertz CT molecular complexity index is 686. The topological polar surface area (TPSA) is 65.3 Å². The van der Waals surface area contributed by atoms with Crippen molar-refractivity contribution in [1.29, 1.82) is 0 Å². The molecule has 0 fully saturated rings. The van der Waals surface area contributed by atoms with Crippen LogP contribution in [0, 0.1) is 30.9 Å². The summed E-state index contributed by atoms with van der Waals surface area (Å²) in [7, 11) is 0. The van der Waals surface area contributed by atoms with Gasteiger partial charge in [-0.15, -0.1) is 0 Å². The summed E-state index contributed by atoms with van der Waals surface area (Å²) >= 11 is 5.78. The Morgan fingerprint density at radius 3 is 2.60 bits per heavy atom. The fraction of sp³-hybridized carbons (Fsp3) is 0.214. The first-order valence-electron chi connectivity index (χ1n) is 5.95. The first kappa shape index (κ1) is 14.3. The first-order valence-corrected chi connectivity index (χ1v) is 6.33. The minimum Gasteiger partial charge on any atom is -0.433 e. The molecule has 0 atom stereocenters. The van der Waals surface area contributed by atoms with E-state index in [1.807, 2.05) is 32.9 Å². The van der Waals surface area contributed by atoms with Crippen LogP contribution in [0.3, 0.4) is 0 Å². The molecule has 5 nitrogen and oxygen atoms in total. The maximum Gasteiger partial charge on any atom is 0.331 e. The van der Waals surface area contributed by atoms with E-state index in [9.17, 15) is 10.1 Å². The van der Waals surface area contributed by atoms with Gasteiger partial charge in [0.1, 0.15) is 10.9 Å². The molecule has 0 aliphatic heterocycles. The Kier molecular flexibility index (Phi) is 3.90. The maximum absolute atomic E-state index is 11.0. The van der Waals surface area contributed by atoms with Crippen molar-refractivity contribution >= 4 is 17.3 Å². The minimum atomic E-state index is -0.545. The Morgan fingerprint density at radius 2 is 1.95 bits per heavy atom. The summed E-state index contributed by atoms with van der Waals surface area (Å²) in [6.07, 6.45) is 0. The zero-order chi connectivity index (χ0) is 14.9. The van der Waals surface area contributed by atoms with E-state index in [2.05, 4.69) is 4.98 Å². The Balaban J connectivity index is 2.50. The number of hydrogen-bond acceptors (Lipinski definition) is 4. The summed E-state index contributed by atoms with van der Waals surface area (Å²) in [5.74, 6) is 0.441. The lowest BCUT2D eigenvalue weighted by Crippen LogP contribution is -1.98. The number of nitrogens with zero attached hydrogens (tertiary/aromatic N) is 2. The van der Waals surface area contributed by atoms with E-state index in [1.165, 1.54) is 12.1 Å². The maximum atomic E-state index is 11.0. The SMILES string of the molecule is Cc1cc(C)c(C)c(Oc2nc(Cl)ccc2[N+](=O)[O-])c1. The van der Waals surface area contributed by atoms with Gasteiger partial charge in [0, 0.05) is 6.07 Å². The molecule has 2 rings (SSSR count). The fourth-order valence-corrected chi connectivity index (χ4v) is 1.98. The van der Waals surface area contributed by atoms with Crippen LogP contribution >= 0.6 is 11.6 Å². The number of ether oxygens (including phenoxy) is 1. The van der Waals surface area contributed by atoms with Crippen LogP contribution in [-0.4, -0.2) is 9.91 Å². The molecule has 20 heavy (non-hydrogen) atoms. The summed E-state index contributed by atoms with van der Waals surface area (Å²) < 4.78 is 5.61. The number of hydrogen-bond donors (Lipinski definition) is 0. The smallest absolute Gasteiger partial charge is 0.331 e. The van der Waals surface area contributed by atoms with Crippen molar-refractivity contribution < 1.29 is 9.66 Å². The van der Waals surface area contributed by atoms with Crippen LogP contribution in [0.4, 0.5) is 5.69 Å². The lowest BCUT2D eigenvalue weighted by Gasteiger charge is -2.11. The van der Waals surface area contributed by atoms with Gasteiger partial charge in [-0.2, -0.15) is 4.98 Å². The fourth-order valence-electron chi connectivity index (χ4n) is 1.84.